The smallest absolute Gasteiger partial charge is 0.258 e. The summed E-state index contributed by atoms with van der Waals surface area (Å²) in [5.41, 5.74) is -2.30. The first-order valence-corrected chi connectivity index (χ1v) is 5.72. The highest BCUT2D eigenvalue weighted by Crippen LogP contribution is 2.34. The molecule has 0 bridgehead atoms. The molecule has 0 spiro atoms. The number of primary sulfonamides is 1. The van der Waals surface area contributed by atoms with Crippen LogP contribution < -0.4 is 5.14 Å². The molecule has 0 aliphatic heterocycles. The normalized spacial score (nSPS) is 11.8. The van der Waals surface area contributed by atoms with Crippen LogP contribution in [0.1, 0.15) is 12.0 Å². The van der Waals surface area contributed by atoms with Gasteiger partial charge in [-0.3, -0.25) is 10.1 Å². The lowest BCUT2D eigenvalue weighted by Gasteiger charge is -2.05. The van der Waals surface area contributed by atoms with Crippen molar-refractivity contribution in [1.29, 1.82) is 0 Å². The molecule has 0 fully saturated rings. The van der Waals surface area contributed by atoms with Gasteiger partial charge in [0.15, 0.2) is 5.03 Å². The number of sulfonamides is 1. The first kappa shape index (κ1) is 13.7. The molecule has 1 aromatic heterocycles. The Morgan fingerprint density at radius 3 is 2.41 bits per heavy atom. The summed E-state index contributed by atoms with van der Waals surface area (Å²) in [7, 11) is -4.38. The fraction of sp³-hybridized carbons (Fsp3) is 0.167. The lowest BCUT2D eigenvalue weighted by Crippen LogP contribution is -2.15. The van der Waals surface area contributed by atoms with Gasteiger partial charge in [-0.15, -0.1) is 0 Å². The van der Waals surface area contributed by atoms with Crippen LogP contribution >= 0.6 is 11.6 Å². The van der Waals surface area contributed by atoms with E-state index >= 15 is 0 Å². The molecule has 1 heterocycles. The second kappa shape index (κ2) is 4.47. The van der Waals surface area contributed by atoms with Gasteiger partial charge in [0, 0.05) is 0 Å². The number of rotatable bonds is 3. The van der Waals surface area contributed by atoms with E-state index in [-0.39, 0.29) is 0 Å². The van der Waals surface area contributed by atoms with Gasteiger partial charge in [-0.2, -0.15) is 0 Å². The molecule has 7 nitrogen and oxygen atoms in total. The van der Waals surface area contributed by atoms with Crippen molar-refractivity contribution in [2.24, 2.45) is 5.14 Å². The third-order valence-corrected chi connectivity index (χ3v) is 2.72. The fourth-order valence-corrected chi connectivity index (χ4v) is 1.82. The van der Waals surface area contributed by atoms with Crippen LogP contribution in [-0.4, -0.2) is 18.3 Å². The van der Waals surface area contributed by atoms with E-state index < -0.39 is 42.8 Å². The van der Waals surface area contributed by atoms with Crippen LogP contribution in [0.2, 0.25) is 5.15 Å². The van der Waals surface area contributed by atoms with Crippen LogP contribution in [0.15, 0.2) is 11.1 Å². The fourth-order valence-electron chi connectivity index (χ4n) is 0.995. The highest BCUT2D eigenvalue weighted by atomic mass is 35.5. The Hall–Kier alpha value is -1.39. The molecule has 0 aliphatic carbocycles. The molecule has 0 saturated heterocycles. The lowest BCUT2D eigenvalue weighted by atomic mass is 10.2. The number of pyridine rings is 1. The van der Waals surface area contributed by atoms with Gasteiger partial charge in [-0.05, 0) is 6.07 Å². The van der Waals surface area contributed by atoms with Crippen molar-refractivity contribution < 1.29 is 22.1 Å². The SMILES string of the molecule is NS(=O)(=O)c1cc(C(F)F)c([N+](=O)[O-])c(Cl)n1. The minimum absolute atomic E-state index is 0.323. The summed E-state index contributed by atoms with van der Waals surface area (Å²) in [5.74, 6) is 0. The maximum absolute atomic E-state index is 12.5. The highest BCUT2D eigenvalue weighted by Gasteiger charge is 2.29. The first-order chi connectivity index (χ1) is 7.64. The van der Waals surface area contributed by atoms with Gasteiger partial charge in [0.05, 0.1) is 4.92 Å². The van der Waals surface area contributed by atoms with Crippen LogP contribution in [0.5, 0.6) is 0 Å². The summed E-state index contributed by atoms with van der Waals surface area (Å²) in [6.45, 7) is 0. The van der Waals surface area contributed by atoms with Crippen molar-refractivity contribution in [1.82, 2.24) is 4.98 Å². The van der Waals surface area contributed by atoms with Crippen molar-refractivity contribution in [3.63, 3.8) is 0 Å². The number of halogens is 3. The Labute approximate surface area is 98.4 Å². The summed E-state index contributed by atoms with van der Waals surface area (Å²) in [6, 6.07) is 0.323. The van der Waals surface area contributed by atoms with E-state index in [0.717, 1.165) is 0 Å². The Morgan fingerprint density at radius 1 is 1.53 bits per heavy atom. The minimum Gasteiger partial charge on any atom is -0.258 e. The van der Waals surface area contributed by atoms with Crippen LogP contribution in [0.4, 0.5) is 14.5 Å². The monoisotopic (exact) mass is 287 g/mol. The molecule has 11 heteroatoms. The maximum Gasteiger partial charge on any atom is 0.315 e. The molecular formula is C6H4ClF2N3O4S. The number of alkyl halides is 2. The quantitative estimate of drug-likeness (QED) is 0.510. The number of aromatic nitrogens is 1. The van der Waals surface area contributed by atoms with Gasteiger partial charge >= 0.3 is 5.69 Å². The molecule has 0 saturated carbocycles. The van der Waals surface area contributed by atoms with Crippen molar-refractivity contribution in [3.05, 3.63) is 26.9 Å². The molecule has 0 aliphatic rings. The molecular weight excluding hydrogens is 284 g/mol. The Kier molecular flexibility index (Phi) is 3.59. The molecule has 1 rings (SSSR count). The topological polar surface area (TPSA) is 116 Å². The van der Waals surface area contributed by atoms with E-state index in [1.807, 2.05) is 0 Å². The number of hydrogen-bond donors (Lipinski definition) is 1. The molecule has 94 valence electrons. The molecule has 1 aromatic rings. The second-order valence-electron chi connectivity index (χ2n) is 2.79. The van der Waals surface area contributed by atoms with E-state index in [4.69, 9.17) is 11.6 Å². The predicted molar refractivity (Wildman–Crippen MR) is 52.2 cm³/mol. The molecule has 0 unspecified atom stereocenters. The van der Waals surface area contributed by atoms with E-state index in [1.54, 1.807) is 0 Å². The molecule has 0 aromatic carbocycles. The molecule has 17 heavy (non-hydrogen) atoms. The van der Waals surface area contributed by atoms with Gasteiger partial charge < -0.3 is 0 Å². The van der Waals surface area contributed by atoms with Crippen molar-refractivity contribution in [3.8, 4) is 0 Å². The number of nitro groups is 1. The number of nitrogens with two attached hydrogens (primary N) is 1. The minimum atomic E-state index is -4.38. The van der Waals surface area contributed by atoms with Crippen LogP contribution in [-0.2, 0) is 10.0 Å². The second-order valence-corrected chi connectivity index (χ2v) is 4.66. The number of nitrogens with zero attached hydrogens (tertiary/aromatic N) is 2. The third-order valence-electron chi connectivity index (χ3n) is 1.67. The van der Waals surface area contributed by atoms with Gasteiger partial charge in [0.25, 0.3) is 16.4 Å². The summed E-state index contributed by atoms with van der Waals surface area (Å²) in [5, 5.41) is 13.2. The maximum atomic E-state index is 12.5. The summed E-state index contributed by atoms with van der Waals surface area (Å²) in [4.78, 5) is 12.4. The standard InChI is InChI=1S/C6H4ClF2N3O4S/c7-5-4(12(13)14)2(6(8)9)1-3(11-5)17(10,15)16/h1,6H,(H2,10,15,16). The molecule has 0 radical (unpaired) electrons. The molecule has 0 amide bonds. The lowest BCUT2D eigenvalue weighted by molar-refractivity contribution is -0.386. The van der Waals surface area contributed by atoms with Gasteiger partial charge in [0.1, 0.15) is 5.56 Å². The summed E-state index contributed by atoms with van der Waals surface area (Å²) >= 11 is 5.27. The van der Waals surface area contributed by atoms with Crippen molar-refractivity contribution in [2.45, 2.75) is 11.5 Å². The Morgan fingerprint density at radius 2 is 2.06 bits per heavy atom. The van der Waals surface area contributed by atoms with Crippen LogP contribution in [0, 0.1) is 10.1 Å². The third kappa shape index (κ3) is 2.84. The average molecular weight is 288 g/mol. The largest absolute Gasteiger partial charge is 0.315 e. The van der Waals surface area contributed by atoms with E-state index in [1.165, 1.54) is 0 Å². The van der Waals surface area contributed by atoms with Crippen LogP contribution in [0.25, 0.3) is 0 Å². The van der Waals surface area contributed by atoms with Crippen molar-refractivity contribution >= 4 is 27.3 Å². The van der Waals surface area contributed by atoms with Gasteiger partial charge in [-0.25, -0.2) is 27.3 Å². The molecule has 2 N–H and O–H groups in total. The Balaban J connectivity index is 3.64. The first-order valence-electron chi connectivity index (χ1n) is 3.80. The Bertz CT molecular complexity index is 577. The zero-order chi connectivity index (χ0) is 13.4. The van der Waals surface area contributed by atoms with Crippen LogP contribution in [0.3, 0.4) is 0 Å². The molecule has 0 atom stereocenters. The highest BCUT2D eigenvalue weighted by molar-refractivity contribution is 7.89. The van der Waals surface area contributed by atoms with E-state index in [9.17, 15) is 27.3 Å². The summed E-state index contributed by atoms with van der Waals surface area (Å²) in [6.07, 6.45) is -3.28. The van der Waals surface area contributed by atoms with E-state index in [0.29, 0.717) is 6.07 Å². The number of hydrogen-bond acceptors (Lipinski definition) is 5. The van der Waals surface area contributed by atoms with E-state index in [2.05, 4.69) is 10.1 Å². The van der Waals surface area contributed by atoms with Crippen molar-refractivity contribution in [2.75, 3.05) is 0 Å². The summed E-state index contributed by atoms with van der Waals surface area (Å²) < 4.78 is 46.8. The zero-order valence-corrected chi connectivity index (χ0v) is 9.37. The van der Waals surface area contributed by atoms with Gasteiger partial charge in [-0.1, -0.05) is 11.6 Å². The average Bonchev–Trinajstić information content (AvgIpc) is 2.13. The zero-order valence-electron chi connectivity index (χ0n) is 7.80. The van der Waals surface area contributed by atoms with Gasteiger partial charge in [0.2, 0.25) is 5.15 Å². The predicted octanol–water partition coefficient (Wildman–Crippen LogP) is 1.23.